The minimum Gasteiger partial charge on any atom is -0.451 e. The summed E-state index contributed by atoms with van der Waals surface area (Å²) in [4.78, 5) is 28.3. The van der Waals surface area contributed by atoms with Crippen molar-refractivity contribution in [3.8, 4) is 0 Å². The van der Waals surface area contributed by atoms with Crippen LogP contribution in [0.1, 0.15) is 41.4 Å². The Labute approximate surface area is 157 Å². The molecule has 0 aliphatic heterocycles. The quantitative estimate of drug-likeness (QED) is 0.541. The van der Waals surface area contributed by atoms with E-state index in [4.69, 9.17) is 4.74 Å². The molecule has 0 aliphatic rings. The monoisotopic (exact) mass is 373 g/mol. The van der Waals surface area contributed by atoms with Crippen LogP contribution in [0.25, 0.3) is 0 Å². The summed E-state index contributed by atoms with van der Waals surface area (Å²) >= 11 is 1.29. The average molecular weight is 373 g/mol. The molecule has 6 nitrogen and oxygen atoms in total. The van der Waals surface area contributed by atoms with Gasteiger partial charge < -0.3 is 15.4 Å². The van der Waals surface area contributed by atoms with Gasteiger partial charge >= 0.3 is 5.97 Å². The normalized spacial score (nSPS) is 10.5. The van der Waals surface area contributed by atoms with Crippen LogP contribution < -0.4 is 10.6 Å². The van der Waals surface area contributed by atoms with Crippen molar-refractivity contribution in [3.05, 3.63) is 53.1 Å². The van der Waals surface area contributed by atoms with Gasteiger partial charge in [0.1, 0.15) is 0 Å². The molecule has 1 aromatic carbocycles. The van der Waals surface area contributed by atoms with Crippen LogP contribution in [0.15, 0.2) is 36.2 Å². The predicted octanol–water partition coefficient (Wildman–Crippen LogP) is 3.97. The second-order valence-corrected chi connectivity index (χ2v) is 6.88. The highest BCUT2D eigenvalue weighted by Crippen LogP contribution is 2.27. The molecule has 2 rings (SSSR count). The third-order valence-corrected chi connectivity index (χ3v) is 4.44. The van der Waals surface area contributed by atoms with Crippen LogP contribution in [0.4, 0.5) is 10.8 Å². The fourth-order valence-corrected chi connectivity index (χ4v) is 3.02. The smallest absolute Gasteiger partial charge is 0.358 e. The van der Waals surface area contributed by atoms with E-state index in [2.05, 4.69) is 36.0 Å². The van der Waals surface area contributed by atoms with Crippen molar-refractivity contribution in [1.82, 2.24) is 4.98 Å². The van der Waals surface area contributed by atoms with Crippen molar-refractivity contribution >= 4 is 34.0 Å². The van der Waals surface area contributed by atoms with Crippen LogP contribution in [0, 0.1) is 6.92 Å². The van der Waals surface area contributed by atoms with Crippen molar-refractivity contribution in [3.63, 3.8) is 0 Å². The van der Waals surface area contributed by atoms with Gasteiger partial charge in [0.05, 0.1) is 0 Å². The first kappa shape index (κ1) is 19.7. The van der Waals surface area contributed by atoms with Crippen molar-refractivity contribution < 1.29 is 14.3 Å². The zero-order valence-corrected chi connectivity index (χ0v) is 16.0. The molecule has 0 radical (unpaired) electrons. The summed E-state index contributed by atoms with van der Waals surface area (Å²) in [5.74, 6) is -0.740. The fraction of sp³-hybridized carbons (Fsp3) is 0.316. The summed E-state index contributed by atoms with van der Waals surface area (Å²) in [5.41, 5.74) is 2.96. The standard InChI is InChI=1S/C19H23N3O3S/c1-5-9-20-19-21-15(11-26-19)18(24)25-10-16(23)22-17-13(4)7-6-8-14(17)12(2)3/h5-8,11-12H,1,9-10H2,2-4H3,(H,20,21)(H,22,23). The maximum absolute atomic E-state index is 12.2. The number of para-hydroxylation sites is 1. The number of hydrogen-bond acceptors (Lipinski definition) is 6. The molecule has 0 fully saturated rings. The molecular formula is C19H23N3O3S. The number of thiazole rings is 1. The lowest BCUT2D eigenvalue weighted by molar-refractivity contribution is -0.119. The van der Waals surface area contributed by atoms with Crippen molar-refractivity contribution in [2.45, 2.75) is 26.7 Å². The van der Waals surface area contributed by atoms with E-state index < -0.39 is 5.97 Å². The van der Waals surface area contributed by atoms with Gasteiger partial charge in [0.2, 0.25) is 0 Å². The number of aryl methyl sites for hydroxylation is 1. The second kappa shape index (κ2) is 9.15. The van der Waals surface area contributed by atoms with E-state index in [9.17, 15) is 9.59 Å². The van der Waals surface area contributed by atoms with Crippen LogP contribution in [-0.2, 0) is 9.53 Å². The molecule has 2 aromatic rings. The molecule has 1 aromatic heterocycles. The molecule has 0 bridgehead atoms. The van der Waals surface area contributed by atoms with E-state index >= 15 is 0 Å². The first-order valence-electron chi connectivity index (χ1n) is 8.29. The number of amides is 1. The number of ether oxygens (including phenoxy) is 1. The summed E-state index contributed by atoms with van der Waals surface area (Å²) in [6.45, 7) is 9.84. The highest BCUT2D eigenvalue weighted by atomic mass is 32.1. The van der Waals surface area contributed by atoms with Crippen molar-refractivity contribution in [2.75, 3.05) is 23.8 Å². The average Bonchev–Trinajstić information content (AvgIpc) is 3.08. The number of anilines is 2. The van der Waals surface area contributed by atoms with Gasteiger partial charge in [-0.15, -0.1) is 17.9 Å². The molecule has 0 saturated heterocycles. The Kier molecular flexibility index (Phi) is 6.91. The summed E-state index contributed by atoms with van der Waals surface area (Å²) < 4.78 is 5.07. The number of aromatic nitrogens is 1. The number of nitrogens with one attached hydrogen (secondary N) is 2. The van der Waals surface area contributed by atoms with Crippen LogP contribution in [0.5, 0.6) is 0 Å². The Balaban J connectivity index is 1.94. The van der Waals surface area contributed by atoms with E-state index in [1.165, 1.54) is 11.3 Å². The van der Waals surface area contributed by atoms with Gasteiger partial charge in [-0.25, -0.2) is 9.78 Å². The zero-order valence-electron chi connectivity index (χ0n) is 15.2. The molecule has 0 unspecified atom stereocenters. The van der Waals surface area contributed by atoms with Gasteiger partial charge in [0, 0.05) is 17.6 Å². The first-order valence-corrected chi connectivity index (χ1v) is 9.17. The van der Waals surface area contributed by atoms with E-state index in [1.807, 2.05) is 25.1 Å². The summed E-state index contributed by atoms with van der Waals surface area (Å²) in [6, 6.07) is 5.87. The fourth-order valence-electron chi connectivity index (χ4n) is 2.33. The van der Waals surface area contributed by atoms with Gasteiger partial charge in [-0.05, 0) is 24.0 Å². The number of carbonyl (C=O) groups excluding carboxylic acids is 2. The lowest BCUT2D eigenvalue weighted by atomic mass is 9.98. The predicted molar refractivity (Wildman–Crippen MR) is 105 cm³/mol. The van der Waals surface area contributed by atoms with E-state index in [0.29, 0.717) is 11.7 Å². The number of nitrogens with zero attached hydrogens (tertiary/aromatic N) is 1. The summed E-state index contributed by atoms with van der Waals surface area (Å²) in [6.07, 6.45) is 1.70. The molecule has 0 saturated carbocycles. The maximum atomic E-state index is 12.2. The Morgan fingerprint density at radius 1 is 1.38 bits per heavy atom. The van der Waals surface area contributed by atoms with Crippen LogP contribution in [-0.4, -0.2) is 30.0 Å². The Hall–Kier alpha value is -2.67. The summed E-state index contributed by atoms with van der Waals surface area (Å²) in [7, 11) is 0. The summed E-state index contributed by atoms with van der Waals surface area (Å²) in [5, 5.41) is 8.02. The van der Waals surface area contributed by atoms with Crippen LogP contribution >= 0.6 is 11.3 Å². The third-order valence-electron chi connectivity index (χ3n) is 3.64. The molecule has 1 heterocycles. The van der Waals surface area contributed by atoms with Gasteiger partial charge in [-0.2, -0.15) is 0 Å². The van der Waals surface area contributed by atoms with Gasteiger partial charge in [-0.3, -0.25) is 4.79 Å². The maximum Gasteiger partial charge on any atom is 0.358 e. The molecule has 0 aliphatic carbocycles. The third kappa shape index (κ3) is 5.16. The molecule has 0 spiro atoms. The highest BCUT2D eigenvalue weighted by Gasteiger charge is 2.16. The minimum atomic E-state index is -0.628. The van der Waals surface area contributed by atoms with E-state index in [-0.39, 0.29) is 24.1 Å². The Morgan fingerprint density at radius 3 is 2.85 bits per heavy atom. The Morgan fingerprint density at radius 2 is 2.15 bits per heavy atom. The number of carbonyl (C=O) groups is 2. The number of benzene rings is 1. The topological polar surface area (TPSA) is 80.3 Å². The largest absolute Gasteiger partial charge is 0.451 e. The van der Waals surface area contributed by atoms with Crippen molar-refractivity contribution in [2.24, 2.45) is 0 Å². The molecular weight excluding hydrogens is 350 g/mol. The molecule has 138 valence electrons. The molecule has 1 amide bonds. The minimum absolute atomic E-state index is 0.174. The first-order chi connectivity index (χ1) is 12.4. The van der Waals surface area contributed by atoms with Crippen LogP contribution in [0.2, 0.25) is 0 Å². The molecule has 7 heteroatoms. The van der Waals surface area contributed by atoms with Crippen LogP contribution in [0.3, 0.4) is 0 Å². The number of esters is 1. The van der Waals surface area contributed by atoms with Gasteiger partial charge in [-0.1, -0.05) is 38.1 Å². The molecule has 2 N–H and O–H groups in total. The van der Waals surface area contributed by atoms with E-state index in [1.54, 1.807) is 11.5 Å². The molecule has 26 heavy (non-hydrogen) atoms. The lowest BCUT2D eigenvalue weighted by Gasteiger charge is -2.16. The zero-order chi connectivity index (χ0) is 19.1. The lowest BCUT2D eigenvalue weighted by Crippen LogP contribution is -2.22. The van der Waals surface area contributed by atoms with E-state index in [0.717, 1.165) is 16.8 Å². The second-order valence-electron chi connectivity index (χ2n) is 6.03. The number of rotatable bonds is 8. The molecule has 0 atom stereocenters. The Bertz CT molecular complexity index is 799. The highest BCUT2D eigenvalue weighted by molar-refractivity contribution is 7.13. The van der Waals surface area contributed by atoms with Gasteiger partial charge in [0.15, 0.2) is 17.4 Å². The van der Waals surface area contributed by atoms with Crippen molar-refractivity contribution in [1.29, 1.82) is 0 Å². The SMILES string of the molecule is C=CCNc1nc(C(=O)OCC(=O)Nc2c(C)cccc2C(C)C)cs1. The number of hydrogen-bond donors (Lipinski definition) is 2. The van der Waals surface area contributed by atoms with Gasteiger partial charge in [0.25, 0.3) is 5.91 Å².